The average molecular weight is 483 g/mol. The van der Waals surface area contributed by atoms with E-state index in [0.29, 0.717) is 18.6 Å². The number of methoxy groups -OCH3 is 2. The molecule has 3 aliphatic rings. The molecular formula is C27H34N2O6. The van der Waals surface area contributed by atoms with E-state index in [0.717, 1.165) is 41.7 Å². The fourth-order valence-electron chi connectivity index (χ4n) is 6.44. The third-order valence-electron chi connectivity index (χ3n) is 7.83. The first-order chi connectivity index (χ1) is 16.6. The highest BCUT2D eigenvalue weighted by atomic mass is 16.6. The molecule has 8 nitrogen and oxygen atoms in total. The molecule has 0 bridgehead atoms. The van der Waals surface area contributed by atoms with E-state index in [-0.39, 0.29) is 36.1 Å². The van der Waals surface area contributed by atoms with Crippen molar-refractivity contribution in [1.29, 1.82) is 0 Å². The van der Waals surface area contributed by atoms with E-state index in [4.69, 9.17) is 14.2 Å². The van der Waals surface area contributed by atoms with Crippen LogP contribution in [-0.4, -0.2) is 60.2 Å². The number of esters is 1. The Hall–Kier alpha value is -2.87. The van der Waals surface area contributed by atoms with Crippen LogP contribution in [0.4, 0.5) is 4.79 Å². The van der Waals surface area contributed by atoms with Crippen molar-refractivity contribution in [1.82, 2.24) is 9.47 Å². The number of benzene rings is 1. The number of ether oxygens (including phenoxy) is 3. The third kappa shape index (κ3) is 4.11. The van der Waals surface area contributed by atoms with E-state index >= 15 is 0 Å². The standard InChI is InChI=1S/C27H34N2O6/c1-27(2,3)35-26(32)29-22-12-17(33-4)6-7-18(22)19-8-9-28-14-15-10-16(30)11-21(25(31)34-5)20(15)13-23(28)24(19)29/h6-7,12,15,20-21,23H,8-11,13-14H2,1-5H3/t15-,20+,21-,23+/m0/s1. The number of carbonyl (C=O) groups is 3. The Bertz CT molecular complexity index is 1190. The molecule has 0 N–H and O–H groups in total. The van der Waals surface area contributed by atoms with Gasteiger partial charge in [0, 0.05) is 37.4 Å². The fraction of sp³-hybridized carbons (Fsp3) is 0.593. The van der Waals surface area contributed by atoms with E-state index < -0.39 is 17.6 Å². The van der Waals surface area contributed by atoms with Gasteiger partial charge in [-0.15, -0.1) is 0 Å². The van der Waals surface area contributed by atoms with Crippen molar-refractivity contribution < 1.29 is 28.6 Å². The minimum absolute atomic E-state index is 0.0342. The van der Waals surface area contributed by atoms with Crippen molar-refractivity contribution in [2.75, 3.05) is 27.3 Å². The van der Waals surface area contributed by atoms with Gasteiger partial charge in [-0.2, -0.15) is 0 Å². The minimum Gasteiger partial charge on any atom is -0.497 e. The van der Waals surface area contributed by atoms with E-state index in [1.54, 1.807) is 11.7 Å². The number of ketones is 1. The first-order valence-electron chi connectivity index (χ1n) is 12.4. The van der Waals surface area contributed by atoms with Gasteiger partial charge < -0.3 is 14.2 Å². The van der Waals surface area contributed by atoms with Gasteiger partial charge in [-0.25, -0.2) is 9.36 Å². The van der Waals surface area contributed by atoms with E-state index in [2.05, 4.69) is 4.90 Å². The summed E-state index contributed by atoms with van der Waals surface area (Å²) in [4.78, 5) is 41.1. The second kappa shape index (κ2) is 8.66. The zero-order valence-corrected chi connectivity index (χ0v) is 21.1. The smallest absolute Gasteiger partial charge is 0.419 e. The molecule has 2 fully saturated rings. The summed E-state index contributed by atoms with van der Waals surface area (Å²) >= 11 is 0. The predicted molar refractivity (Wildman–Crippen MR) is 129 cm³/mol. The molecule has 4 atom stereocenters. The molecule has 1 aliphatic carbocycles. The molecule has 0 spiro atoms. The molecule has 1 aromatic carbocycles. The van der Waals surface area contributed by atoms with Crippen LogP contribution in [0.5, 0.6) is 5.75 Å². The van der Waals surface area contributed by atoms with Gasteiger partial charge in [0.1, 0.15) is 17.1 Å². The number of hydrogen-bond donors (Lipinski definition) is 0. The van der Waals surface area contributed by atoms with Crippen molar-refractivity contribution >= 4 is 28.7 Å². The Morgan fingerprint density at radius 2 is 1.89 bits per heavy atom. The lowest BCUT2D eigenvalue weighted by Crippen LogP contribution is -2.52. The van der Waals surface area contributed by atoms with Crippen LogP contribution in [-0.2, 0) is 25.5 Å². The molecule has 0 unspecified atom stereocenters. The summed E-state index contributed by atoms with van der Waals surface area (Å²) in [5.41, 5.74) is 2.21. The van der Waals surface area contributed by atoms with Crippen molar-refractivity contribution in [3.63, 3.8) is 0 Å². The molecule has 5 rings (SSSR count). The fourth-order valence-corrected chi connectivity index (χ4v) is 6.44. The maximum absolute atomic E-state index is 13.6. The lowest BCUT2D eigenvalue weighted by Gasteiger charge is -2.49. The van der Waals surface area contributed by atoms with E-state index in [1.807, 2.05) is 39.0 Å². The van der Waals surface area contributed by atoms with Gasteiger partial charge in [-0.05, 0) is 63.1 Å². The Balaban J connectivity index is 1.63. The number of Topliss-reactive ketones (excluding diaryl/α,β-unsaturated/α-hetero) is 1. The lowest BCUT2D eigenvalue weighted by molar-refractivity contribution is -0.155. The number of nitrogens with zero attached hydrogens (tertiary/aromatic N) is 2. The van der Waals surface area contributed by atoms with Gasteiger partial charge in [-0.1, -0.05) is 0 Å². The normalized spacial score (nSPS) is 26.5. The molecule has 188 valence electrons. The molecule has 0 radical (unpaired) electrons. The molecule has 0 amide bonds. The summed E-state index contributed by atoms with van der Waals surface area (Å²) in [6.45, 7) is 7.16. The maximum Gasteiger partial charge on any atom is 0.419 e. The zero-order valence-electron chi connectivity index (χ0n) is 21.1. The summed E-state index contributed by atoms with van der Waals surface area (Å²) < 4.78 is 18.1. The summed E-state index contributed by atoms with van der Waals surface area (Å²) in [7, 11) is 3.00. The van der Waals surface area contributed by atoms with Gasteiger partial charge in [0.25, 0.3) is 0 Å². The van der Waals surface area contributed by atoms with Gasteiger partial charge in [-0.3, -0.25) is 14.5 Å². The van der Waals surface area contributed by atoms with Gasteiger partial charge >= 0.3 is 12.1 Å². The van der Waals surface area contributed by atoms with Crippen LogP contribution >= 0.6 is 0 Å². The van der Waals surface area contributed by atoms with Crippen LogP contribution in [0.15, 0.2) is 18.2 Å². The molecule has 35 heavy (non-hydrogen) atoms. The largest absolute Gasteiger partial charge is 0.497 e. The SMILES string of the molecule is COC(=O)[C@H]1CC(=O)C[C@H]2CN3CCc4c(n(C(=O)OC(C)(C)C)c5cc(OC)ccc45)[C@H]3C[C@H]21. The van der Waals surface area contributed by atoms with Crippen molar-refractivity contribution in [3.05, 3.63) is 29.5 Å². The number of fused-ring (bicyclic) bond motifs is 6. The molecule has 3 heterocycles. The van der Waals surface area contributed by atoms with Crippen LogP contribution in [0.1, 0.15) is 57.3 Å². The molecule has 1 saturated heterocycles. The zero-order chi connectivity index (χ0) is 25.1. The molecule has 8 heteroatoms. The summed E-state index contributed by atoms with van der Waals surface area (Å²) in [5, 5.41) is 1.02. The van der Waals surface area contributed by atoms with Crippen molar-refractivity contribution in [2.24, 2.45) is 17.8 Å². The Labute approximate surface area is 205 Å². The summed E-state index contributed by atoms with van der Waals surface area (Å²) in [6.07, 6.45) is 1.82. The van der Waals surface area contributed by atoms with Gasteiger partial charge in [0.2, 0.25) is 0 Å². The lowest BCUT2D eigenvalue weighted by atomic mass is 9.65. The van der Waals surface area contributed by atoms with Crippen LogP contribution in [0.25, 0.3) is 10.9 Å². The Morgan fingerprint density at radius 1 is 1.11 bits per heavy atom. The molecule has 1 aromatic heterocycles. The highest BCUT2D eigenvalue weighted by Crippen LogP contribution is 2.49. The maximum atomic E-state index is 13.6. The number of piperidine rings is 1. The van der Waals surface area contributed by atoms with E-state index in [9.17, 15) is 14.4 Å². The molecule has 2 aliphatic heterocycles. The summed E-state index contributed by atoms with van der Waals surface area (Å²) in [5.74, 6) is 0.222. The highest BCUT2D eigenvalue weighted by Gasteiger charge is 2.49. The van der Waals surface area contributed by atoms with Gasteiger partial charge in [0.05, 0.1) is 37.4 Å². The van der Waals surface area contributed by atoms with Crippen molar-refractivity contribution in [2.45, 2.75) is 58.1 Å². The van der Waals surface area contributed by atoms with Crippen LogP contribution < -0.4 is 4.74 Å². The minimum atomic E-state index is -0.648. The van der Waals surface area contributed by atoms with Crippen LogP contribution in [0.2, 0.25) is 0 Å². The predicted octanol–water partition coefficient (Wildman–Crippen LogP) is 4.12. The number of rotatable bonds is 2. The van der Waals surface area contributed by atoms with Gasteiger partial charge in [0.15, 0.2) is 0 Å². The number of hydrogen-bond acceptors (Lipinski definition) is 7. The summed E-state index contributed by atoms with van der Waals surface area (Å²) in [6, 6.07) is 5.78. The molecule has 2 aromatic rings. The van der Waals surface area contributed by atoms with E-state index in [1.165, 1.54) is 7.11 Å². The second-order valence-corrected chi connectivity index (χ2v) is 11.1. The van der Waals surface area contributed by atoms with Crippen LogP contribution in [0.3, 0.4) is 0 Å². The van der Waals surface area contributed by atoms with Crippen molar-refractivity contribution in [3.8, 4) is 5.75 Å². The van der Waals surface area contributed by atoms with Crippen LogP contribution in [0, 0.1) is 17.8 Å². The monoisotopic (exact) mass is 482 g/mol. The average Bonchev–Trinajstić information content (AvgIpc) is 3.14. The molecular weight excluding hydrogens is 448 g/mol. The second-order valence-electron chi connectivity index (χ2n) is 11.1. The molecule has 1 saturated carbocycles. The number of aromatic nitrogens is 1. The highest BCUT2D eigenvalue weighted by molar-refractivity contribution is 5.95. The first kappa shape index (κ1) is 23.9. The third-order valence-corrected chi connectivity index (χ3v) is 7.83. The quantitative estimate of drug-likeness (QED) is 0.595. The number of carbonyl (C=O) groups excluding carboxylic acids is 3. The first-order valence-corrected chi connectivity index (χ1v) is 12.4. The Kier molecular flexibility index (Phi) is 5.90. The topological polar surface area (TPSA) is 87.1 Å². The Morgan fingerprint density at radius 3 is 2.57 bits per heavy atom.